The van der Waals surface area contributed by atoms with Gasteiger partial charge in [-0.05, 0) is 18.9 Å². The quantitative estimate of drug-likeness (QED) is 0.627. The van der Waals surface area contributed by atoms with Crippen molar-refractivity contribution >= 4 is 22.9 Å². The van der Waals surface area contributed by atoms with E-state index in [0.29, 0.717) is 18.8 Å². The number of nitro groups is 1. The number of piperidine rings is 1. The molecule has 0 N–H and O–H groups in total. The highest BCUT2D eigenvalue weighted by molar-refractivity contribution is 7.09. The molecule has 3 rings (SSSR count). The van der Waals surface area contributed by atoms with Gasteiger partial charge in [-0.1, -0.05) is 0 Å². The zero-order chi connectivity index (χ0) is 17.1. The number of ether oxygens (including phenoxy) is 1. The molecule has 1 unspecified atom stereocenters. The van der Waals surface area contributed by atoms with E-state index in [0.717, 1.165) is 17.8 Å². The summed E-state index contributed by atoms with van der Waals surface area (Å²) in [5.74, 6) is 0.325. The van der Waals surface area contributed by atoms with E-state index in [1.807, 2.05) is 5.38 Å². The molecule has 8 heteroatoms. The van der Waals surface area contributed by atoms with E-state index in [1.54, 1.807) is 22.4 Å². The molecule has 1 aliphatic heterocycles. The maximum Gasteiger partial charge on any atom is 0.270 e. The lowest BCUT2D eigenvalue weighted by molar-refractivity contribution is -0.384. The predicted molar refractivity (Wildman–Crippen MR) is 89.6 cm³/mol. The van der Waals surface area contributed by atoms with Crippen molar-refractivity contribution in [1.29, 1.82) is 0 Å². The molecule has 0 saturated carbocycles. The number of hydrogen-bond acceptors (Lipinski definition) is 6. The lowest BCUT2D eigenvalue weighted by atomic mass is 9.98. The summed E-state index contributed by atoms with van der Waals surface area (Å²) in [5.41, 5.74) is 0.110. The average molecular weight is 347 g/mol. The fourth-order valence-corrected chi connectivity index (χ4v) is 3.71. The van der Waals surface area contributed by atoms with E-state index in [-0.39, 0.29) is 23.1 Å². The van der Waals surface area contributed by atoms with Crippen molar-refractivity contribution in [2.75, 3.05) is 20.2 Å². The van der Waals surface area contributed by atoms with E-state index in [2.05, 4.69) is 4.98 Å². The molecule has 1 amide bonds. The Kier molecular flexibility index (Phi) is 4.75. The molecule has 1 aliphatic rings. The molecule has 1 aromatic carbocycles. The van der Waals surface area contributed by atoms with E-state index in [9.17, 15) is 14.9 Å². The molecule has 0 aliphatic carbocycles. The number of thiazole rings is 1. The number of nitrogens with zero attached hydrogens (tertiary/aromatic N) is 3. The summed E-state index contributed by atoms with van der Waals surface area (Å²) >= 11 is 1.59. The molecule has 0 bridgehead atoms. The Labute approximate surface area is 143 Å². The minimum Gasteiger partial charge on any atom is -0.496 e. The second-order valence-corrected chi connectivity index (χ2v) is 6.53. The molecular weight excluding hydrogens is 330 g/mol. The number of methoxy groups -OCH3 is 1. The molecular formula is C16H17N3O4S. The summed E-state index contributed by atoms with van der Waals surface area (Å²) in [6.07, 6.45) is 3.64. The largest absolute Gasteiger partial charge is 0.496 e. The number of carbonyl (C=O) groups excluding carboxylic acids is 1. The Morgan fingerprint density at radius 2 is 2.33 bits per heavy atom. The summed E-state index contributed by atoms with van der Waals surface area (Å²) in [4.78, 5) is 29.4. The van der Waals surface area contributed by atoms with E-state index in [1.165, 1.54) is 25.3 Å². The van der Waals surface area contributed by atoms with Crippen molar-refractivity contribution in [2.45, 2.75) is 18.8 Å². The van der Waals surface area contributed by atoms with Gasteiger partial charge >= 0.3 is 0 Å². The second-order valence-electron chi connectivity index (χ2n) is 5.60. The monoisotopic (exact) mass is 347 g/mol. The summed E-state index contributed by atoms with van der Waals surface area (Å²) in [6.45, 7) is 1.20. The van der Waals surface area contributed by atoms with Crippen LogP contribution >= 0.6 is 11.3 Å². The number of likely N-dealkylation sites (tertiary alicyclic amines) is 1. The fraction of sp³-hybridized carbons (Fsp3) is 0.375. The molecule has 2 aromatic rings. The number of non-ortho nitro benzene ring substituents is 1. The number of hydrogen-bond donors (Lipinski definition) is 0. The first-order chi connectivity index (χ1) is 11.6. The van der Waals surface area contributed by atoms with Gasteiger partial charge in [-0.15, -0.1) is 11.3 Å². The van der Waals surface area contributed by atoms with Gasteiger partial charge in [-0.3, -0.25) is 14.9 Å². The minimum atomic E-state index is -0.509. The van der Waals surface area contributed by atoms with Gasteiger partial charge in [0.05, 0.1) is 22.6 Å². The van der Waals surface area contributed by atoms with Gasteiger partial charge in [0, 0.05) is 42.7 Å². The molecule has 1 saturated heterocycles. The molecule has 2 heterocycles. The molecule has 7 nitrogen and oxygen atoms in total. The van der Waals surface area contributed by atoms with Crippen LogP contribution in [0.4, 0.5) is 5.69 Å². The SMILES string of the molecule is COc1ccc([N+](=O)[O-])cc1C(=O)N1CCCC(c2nccs2)C1. The van der Waals surface area contributed by atoms with Crippen molar-refractivity contribution < 1.29 is 14.5 Å². The summed E-state index contributed by atoms with van der Waals surface area (Å²) in [6, 6.07) is 4.09. The molecule has 0 spiro atoms. The molecule has 1 fully saturated rings. The third-order valence-corrected chi connectivity index (χ3v) is 5.07. The average Bonchev–Trinajstić information content (AvgIpc) is 3.15. The van der Waals surface area contributed by atoms with Crippen LogP contribution in [0.25, 0.3) is 0 Å². The van der Waals surface area contributed by atoms with Gasteiger partial charge < -0.3 is 9.64 Å². The Hall–Kier alpha value is -2.48. The topological polar surface area (TPSA) is 85.6 Å². The smallest absolute Gasteiger partial charge is 0.270 e. The first-order valence-electron chi connectivity index (χ1n) is 7.61. The van der Waals surface area contributed by atoms with Gasteiger partial charge in [0.15, 0.2) is 0 Å². The van der Waals surface area contributed by atoms with Crippen LogP contribution in [0.5, 0.6) is 5.75 Å². The normalized spacial score (nSPS) is 17.5. The lowest BCUT2D eigenvalue weighted by Crippen LogP contribution is -2.39. The molecule has 24 heavy (non-hydrogen) atoms. The van der Waals surface area contributed by atoms with Gasteiger partial charge in [0.25, 0.3) is 11.6 Å². The van der Waals surface area contributed by atoms with E-state index in [4.69, 9.17) is 4.74 Å². The van der Waals surface area contributed by atoms with Crippen LogP contribution in [-0.4, -0.2) is 40.9 Å². The number of aromatic nitrogens is 1. The first-order valence-corrected chi connectivity index (χ1v) is 8.49. The highest BCUT2D eigenvalue weighted by Crippen LogP contribution is 2.31. The van der Waals surface area contributed by atoms with Crippen molar-refractivity contribution in [1.82, 2.24) is 9.88 Å². The standard InChI is InChI=1S/C16H17N3O4S/c1-23-14-5-4-12(19(21)22)9-13(14)16(20)18-7-2-3-11(10-18)15-17-6-8-24-15/h4-6,8-9,11H,2-3,7,10H2,1H3. The molecule has 1 aromatic heterocycles. The van der Waals surface area contributed by atoms with Crippen molar-refractivity contribution in [3.63, 3.8) is 0 Å². The first kappa shape index (κ1) is 16.4. The lowest BCUT2D eigenvalue weighted by Gasteiger charge is -2.32. The highest BCUT2D eigenvalue weighted by atomic mass is 32.1. The van der Waals surface area contributed by atoms with Crippen LogP contribution in [0.2, 0.25) is 0 Å². The van der Waals surface area contributed by atoms with Crippen LogP contribution in [0.1, 0.15) is 34.1 Å². The summed E-state index contributed by atoms with van der Waals surface area (Å²) in [5, 5.41) is 13.9. The van der Waals surface area contributed by atoms with Crippen molar-refractivity contribution in [3.8, 4) is 5.75 Å². The van der Waals surface area contributed by atoms with Crippen LogP contribution in [0.3, 0.4) is 0 Å². The van der Waals surface area contributed by atoms with Crippen molar-refractivity contribution in [2.24, 2.45) is 0 Å². The summed E-state index contributed by atoms with van der Waals surface area (Å²) in [7, 11) is 1.45. The number of rotatable bonds is 4. The van der Waals surface area contributed by atoms with Crippen LogP contribution < -0.4 is 4.74 Å². The third kappa shape index (κ3) is 3.23. The molecule has 126 valence electrons. The Morgan fingerprint density at radius 3 is 3.00 bits per heavy atom. The fourth-order valence-electron chi connectivity index (χ4n) is 2.95. The predicted octanol–water partition coefficient (Wildman–Crippen LogP) is 3.08. The Balaban J connectivity index is 1.85. The number of carbonyl (C=O) groups is 1. The Bertz CT molecular complexity index is 748. The molecule has 1 atom stereocenters. The van der Waals surface area contributed by atoms with Gasteiger partial charge in [-0.25, -0.2) is 4.98 Å². The maximum absolute atomic E-state index is 12.9. The van der Waals surface area contributed by atoms with Gasteiger partial charge in [-0.2, -0.15) is 0 Å². The van der Waals surface area contributed by atoms with Crippen LogP contribution in [-0.2, 0) is 0 Å². The van der Waals surface area contributed by atoms with Crippen LogP contribution in [0, 0.1) is 10.1 Å². The number of amides is 1. The van der Waals surface area contributed by atoms with Gasteiger partial charge in [0.2, 0.25) is 0 Å². The van der Waals surface area contributed by atoms with Crippen molar-refractivity contribution in [3.05, 3.63) is 50.5 Å². The number of benzene rings is 1. The molecule has 0 radical (unpaired) electrons. The zero-order valence-corrected chi connectivity index (χ0v) is 14.0. The van der Waals surface area contributed by atoms with E-state index >= 15 is 0 Å². The number of nitro benzene ring substituents is 1. The third-order valence-electron chi connectivity index (χ3n) is 4.13. The highest BCUT2D eigenvalue weighted by Gasteiger charge is 2.29. The minimum absolute atomic E-state index is 0.118. The Morgan fingerprint density at radius 1 is 1.50 bits per heavy atom. The van der Waals surface area contributed by atoms with Crippen LogP contribution in [0.15, 0.2) is 29.8 Å². The zero-order valence-electron chi connectivity index (χ0n) is 13.2. The maximum atomic E-state index is 12.9. The second kappa shape index (κ2) is 6.96. The van der Waals surface area contributed by atoms with Gasteiger partial charge in [0.1, 0.15) is 5.75 Å². The van der Waals surface area contributed by atoms with E-state index < -0.39 is 4.92 Å². The summed E-state index contributed by atoms with van der Waals surface area (Å²) < 4.78 is 5.21.